The maximum Gasteiger partial charge on any atom is 0.149 e. The van der Waals surface area contributed by atoms with Crippen LogP contribution in [-0.2, 0) is 4.79 Å². The number of carbonyl (C=O) groups is 1. The first kappa shape index (κ1) is 10.6. The fourth-order valence-corrected chi connectivity index (χ4v) is 1.01. The molecule has 0 aromatic heterocycles. The van der Waals surface area contributed by atoms with Gasteiger partial charge in [-0.05, 0) is 27.3 Å². The Morgan fingerprint density at radius 3 is 2.36 bits per heavy atom. The first-order valence-electron chi connectivity index (χ1n) is 4.26. The van der Waals surface area contributed by atoms with E-state index in [2.05, 4.69) is 12.2 Å². The van der Waals surface area contributed by atoms with Gasteiger partial charge in [-0.25, -0.2) is 0 Å². The van der Waals surface area contributed by atoms with Crippen LogP contribution < -0.4 is 5.32 Å². The molecule has 0 amide bonds. The molecule has 0 saturated heterocycles. The van der Waals surface area contributed by atoms with Crippen molar-refractivity contribution < 1.29 is 4.79 Å². The average molecular weight is 157 g/mol. The standard InChI is InChI=1S/C9H19NO/c1-5-6-7-9(3,10-4)8(2)11/h10H,5-7H2,1-4H3/t9-/m0/s1. The highest BCUT2D eigenvalue weighted by molar-refractivity contribution is 5.85. The number of Topliss-reactive ketones (excluding diaryl/α,β-unsaturated/α-hetero) is 1. The highest BCUT2D eigenvalue weighted by Gasteiger charge is 2.26. The first-order chi connectivity index (χ1) is 5.06. The molecule has 0 unspecified atom stereocenters. The Kier molecular flexibility index (Phi) is 4.34. The van der Waals surface area contributed by atoms with E-state index in [4.69, 9.17) is 0 Å². The van der Waals surface area contributed by atoms with E-state index < -0.39 is 0 Å². The second kappa shape index (κ2) is 4.50. The predicted molar refractivity (Wildman–Crippen MR) is 47.7 cm³/mol. The average Bonchev–Trinajstić information content (AvgIpc) is 2.00. The summed E-state index contributed by atoms with van der Waals surface area (Å²) in [5, 5.41) is 3.06. The van der Waals surface area contributed by atoms with Gasteiger partial charge in [-0.3, -0.25) is 4.79 Å². The zero-order chi connectivity index (χ0) is 8.91. The summed E-state index contributed by atoms with van der Waals surface area (Å²) in [6, 6.07) is 0. The van der Waals surface area contributed by atoms with Gasteiger partial charge in [0, 0.05) is 0 Å². The largest absolute Gasteiger partial charge is 0.308 e. The van der Waals surface area contributed by atoms with Gasteiger partial charge < -0.3 is 5.32 Å². The molecular weight excluding hydrogens is 138 g/mol. The van der Waals surface area contributed by atoms with Crippen molar-refractivity contribution in [2.45, 2.75) is 45.6 Å². The minimum Gasteiger partial charge on any atom is -0.308 e. The van der Waals surface area contributed by atoms with E-state index in [0.29, 0.717) is 0 Å². The molecule has 0 aliphatic heterocycles. The molecule has 0 aliphatic rings. The molecule has 66 valence electrons. The van der Waals surface area contributed by atoms with Crippen LogP contribution >= 0.6 is 0 Å². The van der Waals surface area contributed by atoms with Gasteiger partial charge in [-0.15, -0.1) is 0 Å². The Morgan fingerprint density at radius 1 is 1.55 bits per heavy atom. The van der Waals surface area contributed by atoms with Crippen molar-refractivity contribution in [1.29, 1.82) is 0 Å². The van der Waals surface area contributed by atoms with Crippen LogP contribution in [0.5, 0.6) is 0 Å². The third kappa shape index (κ3) is 3.02. The number of unbranched alkanes of at least 4 members (excludes halogenated alkanes) is 1. The fraction of sp³-hybridized carbons (Fsp3) is 0.889. The van der Waals surface area contributed by atoms with Crippen molar-refractivity contribution in [3.63, 3.8) is 0 Å². The maximum absolute atomic E-state index is 11.1. The monoisotopic (exact) mass is 157 g/mol. The summed E-state index contributed by atoms with van der Waals surface area (Å²) in [4.78, 5) is 11.1. The van der Waals surface area contributed by atoms with Crippen molar-refractivity contribution in [3.8, 4) is 0 Å². The summed E-state index contributed by atoms with van der Waals surface area (Å²) in [7, 11) is 1.84. The Morgan fingerprint density at radius 2 is 2.09 bits per heavy atom. The predicted octanol–water partition coefficient (Wildman–Crippen LogP) is 1.74. The van der Waals surface area contributed by atoms with Crippen LogP contribution in [0.2, 0.25) is 0 Å². The number of hydrogen-bond acceptors (Lipinski definition) is 2. The second-order valence-corrected chi connectivity index (χ2v) is 3.24. The smallest absolute Gasteiger partial charge is 0.149 e. The third-order valence-corrected chi connectivity index (χ3v) is 2.36. The van der Waals surface area contributed by atoms with Crippen molar-refractivity contribution in [2.24, 2.45) is 0 Å². The van der Waals surface area contributed by atoms with Crippen LogP contribution in [0.3, 0.4) is 0 Å². The quantitative estimate of drug-likeness (QED) is 0.658. The third-order valence-electron chi connectivity index (χ3n) is 2.36. The number of likely N-dealkylation sites (N-methyl/N-ethyl adjacent to an activating group) is 1. The molecule has 0 aromatic carbocycles. The van der Waals surface area contributed by atoms with Gasteiger partial charge in [0.25, 0.3) is 0 Å². The number of nitrogens with one attached hydrogen (secondary N) is 1. The summed E-state index contributed by atoms with van der Waals surface area (Å²) >= 11 is 0. The van der Waals surface area contributed by atoms with E-state index in [0.717, 1.165) is 19.3 Å². The lowest BCUT2D eigenvalue weighted by atomic mass is 9.91. The van der Waals surface area contributed by atoms with Gasteiger partial charge >= 0.3 is 0 Å². The summed E-state index contributed by atoms with van der Waals surface area (Å²) in [5.74, 6) is 0.230. The molecule has 1 N–H and O–H groups in total. The van der Waals surface area contributed by atoms with Crippen molar-refractivity contribution in [3.05, 3.63) is 0 Å². The van der Waals surface area contributed by atoms with E-state index in [1.807, 2.05) is 14.0 Å². The molecule has 0 heterocycles. The molecule has 0 aromatic rings. The normalized spacial score (nSPS) is 16.0. The van der Waals surface area contributed by atoms with Crippen LogP contribution in [0.1, 0.15) is 40.0 Å². The van der Waals surface area contributed by atoms with Crippen molar-refractivity contribution in [2.75, 3.05) is 7.05 Å². The summed E-state index contributed by atoms with van der Waals surface area (Å²) in [6.07, 6.45) is 3.19. The number of carbonyl (C=O) groups excluding carboxylic acids is 1. The van der Waals surface area contributed by atoms with Crippen LogP contribution in [0, 0.1) is 0 Å². The molecule has 0 saturated carbocycles. The van der Waals surface area contributed by atoms with Crippen LogP contribution in [0.25, 0.3) is 0 Å². The molecule has 0 rings (SSSR count). The lowest BCUT2D eigenvalue weighted by molar-refractivity contribution is -0.122. The first-order valence-corrected chi connectivity index (χ1v) is 4.26. The maximum atomic E-state index is 11.1. The zero-order valence-electron chi connectivity index (χ0n) is 8.03. The van der Waals surface area contributed by atoms with Gasteiger partial charge in [-0.1, -0.05) is 19.8 Å². The molecule has 1 atom stereocenters. The van der Waals surface area contributed by atoms with Gasteiger partial charge in [0.15, 0.2) is 0 Å². The molecule has 0 bridgehead atoms. The van der Waals surface area contributed by atoms with E-state index in [1.165, 1.54) is 0 Å². The zero-order valence-corrected chi connectivity index (χ0v) is 8.03. The number of rotatable bonds is 5. The minimum atomic E-state index is -0.296. The molecule has 0 spiro atoms. The topological polar surface area (TPSA) is 29.1 Å². The van der Waals surface area contributed by atoms with Crippen LogP contribution in [-0.4, -0.2) is 18.4 Å². The minimum absolute atomic E-state index is 0.230. The Bertz CT molecular complexity index is 134. The van der Waals surface area contributed by atoms with Crippen molar-refractivity contribution >= 4 is 5.78 Å². The van der Waals surface area contributed by atoms with Crippen LogP contribution in [0.15, 0.2) is 0 Å². The van der Waals surface area contributed by atoms with E-state index >= 15 is 0 Å². The second-order valence-electron chi connectivity index (χ2n) is 3.24. The SMILES string of the molecule is CCCC[C@](C)(NC)C(C)=O. The molecule has 2 heteroatoms. The Labute approximate surface area is 69.4 Å². The van der Waals surface area contributed by atoms with Crippen molar-refractivity contribution in [1.82, 2.24) is 5.32 Å². The molecule has 0 radical (unpaired) electrons. The highest BCUT2D eigenvalue weighted by atomic mass is 16.1. The van der Waals surface area contributed by atoms with Gasteiger partial charge in [0.1, 0.15) is 5.78 Å². The molecular formula is C9H19NO. The van der Waals surface area contributed by atoms with E-state index in [1.54, 1.807) is 6.92 Å². The number of hydrogen-bond donors (Lipinski definition) is 1. The summed E-state index contributed by atoms with van der Waals surface area (Å²) < 4.78 is 0. The van der Waals surface area contributed by atoms with Gasteiger partial charge in [0.2, 0.25) is 0 Å². The van der Waals surface area contributed by atoms with Gasteiger partial charge in [0.05, 0.1) is 5.54 Å². The molecule has 0 fully saturated rings. The summed E-state index contributed by atoms with van der Waals surface area (Å²) in [5.41, 5.74) is -0.296. The lowest BCUT2D eigenvalue weighted by Crippen LogP contribution is -2.46. The summed E-state index contributed by atoms with van der Waals surface area (Å²) in [6.45, 7) is 5.74. The molecule has 11 heavy (non-hydrogen) atoms. The molecule has 0 aliphatic carbocycles. The van der Waals surface area contributed by atoms with Gasteiger partial charge in [-0.2, -0.15) is 0 Å². The van der Waals surface area contributed by atoms with E-state index in [9.17, 15) is 4.79 Å². The Hall–Kier alpha value is -0.370. The lowest BCUT2D eigenvalue weighted by Gasteiger charge is -2.25. The highest BCUT2D eigenvalue weighted by Crippen LogP contribution is 2.13. The van der Waals surface area contributed by atoms with E-state index in [-0.39, 0.29) is 11.3 Å². The number of ketones is 1. The van der Waals surface area contributed by atoms with Crippen LogP contribution in [0.4, 0.5) is 0 Å². The fourth-order valence-electron chi connectivity index (χ4n) is 1.01. The molecule has 2 nitrogen and oxygen atoms in total. The Balaban J connectivity index is 3.99.